The summed E-state index contributed by atoms with van der Waals surface area (Å²) in [6.45, 7) is 0. The van der Waals surface area contributed by atoms with E-state index in [2.05, 4.69) is 0 Å². The Labute approximate surface area is 65.4 Å². The van der Waals surface area contributed by atoms with Crippen LogP contribution in [0.25, 0.3) is 0 Å². The van der Waals surface area contributed by atoms with Crippen LogP contribution in [0.2, 0.25) is 0 Å². The Balaban J connectivity index is 2.78. The predicted octanol–water partition coefficient (Wildman–Crippen LogP) is 2.42. The Bertz CT molecular complexity index is 191. The van der Waals surface area contributed by atoms with E-state index in [-0.39, 0.29) is 0 Å². The molecule has 10 heavy (non-hydrogen) atoms. The molecule has 1 aliphatic carbocycles. The maximum Gasteiger partial charge on any atom is 0.161 e. The van der Waals surface area contributed by atoms with E-state index in [1.165, 1.54) is 0 Å². The van der Waals surface area contributed by atoms with Crippen LogP contribution in [0.3, 0.4) is 0 Å². The molecule has 0 saturated carbocycles. The first-order valence-corrected chi connectivity index (χ1v) is 3.73. The highest BCUT2D eigenvalue weighted by Crippen LogP contribution is 2.20. The van der Waals surface area contributed by atoms with Crippen LogP contribution < -0.4 is 0 Å². The van der Waals surface area contributed by atoms with Gasteiger partial charge in [-0.3, -0.25) is 4.79 Å². The maximum atomic E-state index is 10.2. The third kappa shape index (κ3) is 1.71. The molecule has 2 heteroatoms. The van der Waals surface area contributed by atoms with Gasteiger partial charge >= 0.3 is 0 Å². The largest absolute Gasteiger partial charge is 0.297 e. The van der Waals surface area contributed by atoms with Crippen molar-refractivity contribution in [3.8, 4) is 0 Å². The van der Waals surface area contributed by atoms with Gasteiger partial charge in [-0.05, 0) is 24.8 Å². The summed E-state index contributed by atoms with van der Waals surface area (Å²) >= 11 is 5.60. The van der Waals surface area contributed by atoms with E-state index < -0.39 is 0 Å². The molecule has 0 N–H and O–H groups in total. The lowest BCUT2D eigenvalue weighted by Gasteiger charge is -2.06. The summed E-state index contributed by atoms with van der Waals surface area (Å²) < 4.78 is 0. The Kier molecular flexibility index (Phi) is 2.69. The molecule has 0 atom stereocenters. The summed E-state index contributed by atoms with van der Waals surface area (Å²) in [6, 6.07) is 0. The van der Waals surface area contributed by atoms with Gasteiger partial charge in [0.05, 0.1) is 5.03 Å². The molecule has 0 aliphatic heterocycles. The van der Waals surface area contributed by atoms with Crippen LogP contribution in [0, 0.1) is 0 Å². The fraction of sp³-hybridized carbons (Fsp3) is 0.375. The zero-order chi connectivity index (χ0) is 7.40. The van der Waals surface area contributed by atoms with Crippen LogP contribution in [0.15, 0.2) is 22.8 Å². The van der Waals surface area contributed by atoms with E-state index >= 15 is 0 Å². The smallest absolute Gasteiger partial charge is 0.161 e. The Morgan fingerprint density at radius 1 is 1.70 bits per heavy atom. The van der Waals surface area contributed by atoms with Crippen molar-refractivity contribution in [1.82, 2.24) is 0 Å². The highest BCUT2D eigenvalue weighted by molar-refractivity contribution is 6.39. The lowest BCUT2D eigenvalue weighted by Crippen LogP contribution is -1.89. The lowest BCUT2D eigenvalue weighted by atomic mass is 10.0. The zero-order valence-electron chi connectivity index (χ0n) is 5.64. The second kappa shape index (κ2) is 3.57. The Hall–Kier alpha value is -0.560. The average molecular weight is 157 g/mol. The Morgan fingerprint density at radius 3 is 3.00 bits per heavy atom. The SMILES string of the molecule is O=C/C(Cl)=C1\C=CCCC1. The maximum absolute atomic E-state index is 10.2. The first-order valence-electron chi connectivity index (χ1n) is 3.35. The van der Waals surface area contributed by atoms with Crippen LogP contribution in [0.5, 0.6) is 0 Å². The van der Waals surface area contributed by atoms with Gasteiger partial charge in [-0.1, -0.05) is 23.8 Å². The summed E-state index contributed by atoms with van der Waals surface area (Å²) in [5.41, 5.74) is 0.975. The molecular formula is C8H9ClO. The van der Waals surface area contributed by atoms with Gasteiger partial charge in [0.25, 0.3) is 0 Å². The quantitative estimate of drug-likeness (QED) is 0.421. The summed E-state index contributed by atoms with van der Waals surface area (Å²) in [5.74, 6) is 0. The van der Waals surface area contributed by atoms with Gasteiger partial charge in [0, 0.05) is 0 Å². The molecule has 0 aromatic rings. The van der Waals surface area contributed by atoms with E-state index in [9.17, 15) is 4.79 Å². The highest BCUT2D eigenvalue weighted by atomic mass is 35.5. The molecule has 1 rings (SSSR count). The minimum absolute atomic E-state index is 0.357. The van der Waals surface area contributed by atoms with Crippen molar-refractivity contribution in [2.24, 2.45) is 0 Å². The fourth-order valence-electron chi connectivity index (χ4n) is 0.994. The summed E-state index contributed by atoms with van der Waals surface area (Å²) in [5, 5.41) is 0.357. The van der Waals surface area contributed by atoms with E-state index in [1.54, 1.807) is 0 Å². The number of aldehydes is 1. The van der Waals surface area contributed by atoms with Crippen molar-refractivity contribution >= 4 is 17.9 Å². The number of allylic oxidation sites excluding steroid dienone is 4. The van der Waals surface area contributed by atoms with Gasteiger partial charge in [-0.2, -0.15) is 0 Å². The van der Waals surface area contributed by atoms with Gasteiger partial charge in [0.2, 0.25) is 0 Å². The predicted molar refractivity (Wildman–Crippen MR) is 41.9 cm³/mol. The first-order chi connectivity index (χ1) is 4.84. The van der Waals surface area contributed by atoms with E-state index in [0.717, 1.165) is 24.8 Å². The van der Waals surface area contributed by atoms with Gasteiger partial charge in [-0.25, -0.2) is 0 Å². The molecule has 1 aliphatic rings. The van der Waals surface area contributed by atoms with E-state index in [0.29, 0.717) is 11.3 Å². The van der Waals surface area contributed by atoms with Crippen molar-refractivity contribution in [2.75, 3.05) is 0 Å². The third-order valence-electron chi connectivity index (χ3n) is 1.55. The molecule has 0 fully saturated rings. The monoisotopic (exact) mass is 156 g/mol. The third-order valence-corrected chi connectivity index (χ3v) is 1.88. The molecule has 0 aromatic carbocycles. The van der Waals surface area contributed by atoms with Gasteiger partial charge in [0.15, 0.2) is 6.29 Å². The van der Waals surface area contributed by atoms with E-state index in [1.807, 2.05) is 12.2 Å². The number of halogens is 1. The van der Waals surface area contributed by atoms with Crippen LogP contribution >= 0.6 is 11.6 Å². The molecule has 0 saturated heterocycles. The number of hydrogen-bond donors (Lipinski definition) is 0. The van der Waals surface area contributed by atoms with Gasteiger partial charge in [-0.15, -0.1) is 0 Å². The minimum Gasteiger partial charge on any atom is -0.297 e. The van der Waals surface area contributed by atoms with Crippen LogP contribution in [0.1, 0.15) is 19.3 Å². The standard InChI is InChI=1S/C8H9ClO/c9-8(6-10)7-4-2-1-3-5-7/h2,4,6H,1,3,5H2/b8-7-. The molecule has 0 aromatic heterocycles. The zero-order valence-corrected chi connectivity index (χ0v) is 6.40. The van der Waals surface area contributed by atoms with Crippen molar-refractivity contribution in [2.45, 2.75) is 19.3 Å². The molecular weight excluding hydrogens is 148 g/mol. The molecule has 0 unspecified atom stereocenters. The fourth-order valence-corrected chi connectivity index (χ4v) is 1.15. The topological polar surface area (TPSA) is 17.1 Å². The molecule has 1 nitrogen and oxygen atoms in total. The molecule has 0 amide bonds. The van der Waals surface area contributed by atoms with Gasteiger partial charge < -0.3 is 0 Å². The second-order valence-electron chi connectivity index (χ2n) is 2.29. The van der Waals surface area contributed by atoms with Crippen molar-refractivity contribution in [3.63, 3.8) is 0 Å². The summed E-state index contributed by atoms with van der Waals surface area (Å²) in [4.78, 5) is 10.2. The van der Waals surface area contributed by atoms with Crippen molar-refractivity contribution in [3.05, 3.63) is 22.8 Å². The molecule has 0 heterocycles. The Morgan fingerprint density at radius 2 is 2.50 bits per heavy atom. The normalized spacial score (nSPS) is 22.5. The highest BCUT2D eigenvalue weighted by Gasteiger charge is 2.02. The number of carbonyl (C=O) groups is 1. The number of hydrogen-bond acceptors (Lipinski definition) is 1. The average Bonchev–Trinajstić information content (AvgIpc) is 2.05. The first kappa shape index (κ1) is 7.55. The molecule has 54 valence electrons. The summed E-state index contributed by atoms with van der Waals surface area (Å²) in [6.07, 6.45) is 7.83. The lowest BCUT2D eigenvalue weighted by molar-refractivity contribution is -0.104. The van der Waals surface area contributed by atoms with E-state index in [4.69, 9.17) is 11.6 Å². The van der Waals surface area contributed by atoms with Crippen LogP contribution in [-0.2, 0) is 4.79 Å². The molecule has 0 bridgehead atoms. The van der Waals surface area contributed by atoms with Crippen LogP contribution in [-0.4, -0.2) is 6.29 Å². The summed E-state index contributed by atoms with van der Waals surface area (Å²) in [7, 11) is 0. The van der Waals surface area contributed by atoms with Gasteiger partial charge in [0.1, 0.15) is 0 Å². The molecule has 0 radical (unpaired) electrons. The van der Waals surface area contributed by atoms with Crippen molar-refractivity contribution < 1.29 is 4.79 Å². The minimum atomic E-state index is 0.357. The number of rotatable bonds is 1. The molecule has 0 spiro atoms. The van der Waals surface area contributed by atoms with Crippen molar-refractivity contribution in [1.29, 1.82) is 0 Å². The second-order valence-corrected chi connectivity index (χ2v) is 2.69. The van der Waals surface area contributed by atoms with Crippen LogP contribution in [0.4, 0.5) is 0 Å². The number of carbonyl (C=O) groups excluding carboxylic acids is 1.